The summed E-state index contributed by atoms with van der Waals surface area (Å²) >= 11 is 2.15. The molecule has 110 valence electrons. The van der Waals surface area contributed by atoms with Crippen molar-refractivity contribution < 1.29 is 19.4 Å². The van der Waals surface area contributed by atoms with Gasteiger partial charge in [0.15, 0.2) is 0 Å². The zero-order valence-corrected chi connectivity index (χ0v) is 13.8. The number of ether oxygens (including phenoxy) is 1. The number of amides is 1. The van der Waals surface area contributed by atoms with Gasteiger partial charge in [-0.15, -0.1) is 0 Å². The molecule has 0 bridgehead atoms. The second-order valence-electron chi connectivity index (χ2n) is 5.37. The van der Waals surface area contributed by atoms with Gasteiger partial charge in [0.05, 0.1) is 0 Å². The second-order valence-corrected chi connectivity index (χ2v) is 6.62. The van der Waals surface area contributed by atoms with Crippen LogP contribution in [0.4, 0.5) is 4.79 Å². The fourth-order valence-electron chi connectivity index (χ4n) is 1.55. The van der Waals surface area contributed by atoms with Crippen LogP contribution in [0.3, 0.4) is 0 Å². The van der Waals surface area contributed by atoms with Gasteiger partial charge in [0.2, 0.25) is 0 Å². The number of halogens is 1. The van der Waals surface area contributed by atoms with Crippen molar-refractivity contribution in [3.05, 3.63) is 33.4 Å². The Kier molecular flexibility index (Phi) is 5.79. The van der Waals surface area contributed by atoms with Gasteiger partial charge >= 0.3 is 12.1 Å². The lowest BCUT2D eigenvalue weighted by Crippen LogP contribution is -2.44. The lowest BCUT2D eigenvalue weighted by Gasteiger charge is -2.22. The molecule has 6 heteroatoms. The van der Waals surface area contributed by atoms with Crippen molar-refractivity contribution >= 4 is 34.7 Å². The molecule has 0 aliphatic carbocycles. The highest BCUT2D eigenvalue weighted by Crippen LogP contribution is 2.11. The molecule has 0 spiro atoms. The third kappa shape index (κ3) is 6.23. The van der Waals surface area contributed by atoms with Crippen LogP contribution < -0.4 is 5.32 Å². The van der Waals surface area contributed by atoms with Gasteiger partial charge in [0.1, 0.15) is 11.6 Å². The average molecular weight is 391 g/mol. The molecule has 0 saturated carbocycles. The molecule has 0 radical (unpaired) electrons. The van der Waals surface area contributed by atoms with Crippen molar-refractivity contribution in [2.75, 3.05) is 0 Å². The molecule has 0 unspecified atom stereocenters. The Labute approximate surface area is 131 Å². The normalized spacial score (nSPS) is 12.6. The number of carboxylic acid groups (broad SMARTS) is 1. The first kappa shape index (κ1) is 16.7. The smallest absolute Gasteiger partial charge is 0.408 e. The number of rotatable bonds is 4. The van der Waals surface area contributed by atoms with E-state index in [1.54, 1.807) is 20.8 Å². The Morgan fingerprint density at radius 2 is 2.05 bits per heavy atom. The Bertz CT molecular complexity index is 496. The maximum absolute atomic E-state index is 11.6. The quantitative estimate of drug-likeness (QED) is 0.775. The van der Waals surface area contributed by atoms with Crippen LogP contribution >= 0.6 is 22.6 Å². The average Bonchev–Trinajstić information content (AvgIpc) is 2.25. The van der Waals surface area contributed by atoms with E-state index in [4.69, 9.17) is 4.74 Å². The second kappa shape index (κ2) is 6.92. The molecular formula is C14H18INO4. The Hall–Kier alpha value is -1.31. The highest BCUT2D eigenvalue weighted by atomic mass is 127. The first-order chi connectivity index (χ1) is 9.17. The molecule has 1 aromatic rings. The number of nitrogens with one attached hydrogen (secondary N) is 1. The number of carbonyl (C=O) groups is 2. The molecule has 1 amide bonds. The van der Waals surface area contributed by atoms with Gasteiger partial charge in [-0.2, -0.15) is 0 Å². The highest BCUT2D eigenvalue weighted by molar-refractivity contribution is 14.1. The molecule has 2 N–H and O–H groups in total. The topological polar surface area (TPSA) is 75.6 Å². The standard InChI is InChI=1S/C14H18INO4/c1-14(2,3)20-13(19)16-11(12(17)18)8-9-5-4-6-10(15)7-9/h4-7,11H,8H2,1-3H3,(H,16,19)(H,17,18)/t11-/m1/s1. The minimum Gasteiger partial charge on any atom is -0.480 e. The van der Waals surface area contributed by atoms with Crippen molar-refractivity contribution in [3.8, 4) is 0 Å². The Morgan fingerprint density at radius 3 is 2.55 bits per heavy atom. The van der Waals surface area contributed by atoms with E-state index in [0.29, 0.717) is 0 Å². The molecule has 0 saturated heterocycles. The summed E-state index contributed by atoms with van der Waals surface area (Å²) in [5, 5.41) is 11.6. The van der Waals surface area contributed by atoms with Gasteiger partial charge < -0.3 is 15.2 Å². The summed E-state index contributed by atoms with van der Waals surface area (Å²) in [5.41, 5.74) is 0.190. The molecular weight excluding hydrogens is 373 g/mol. The van der Waals surface area contributed by atoms with Crippen molar-refractivity contribution in [1.29, 1.82) is 0 Å². The zero-order valence-electron chi connectivity index (χ0n) is 11.6. The van der Waals surface area contributed by atoms with Gasteiger partial charge in [-0.05, 0) is 61.1 Å². The van der Waals surface area contributed by atoms with Crippen LogP contribution in [0.1, 0.15) is 26.3 Å². The van der Waals surface area contributed by atoms with E-state index in [2.05, 4.69) is 27.9 Å². The van der Waals surface area contributed by atoms with Gasteiger partial charge in [0.25, 0.3) is 0 Å². The number of carbonyl (C=O) groups excluding carboxylic acids is 1. The molecule has 1 aromatic carbocycles. The molecule has 0 fully saturated rings. The number of alkyl carbamates (subject to hydrolysis) is 1. The van der Waals surface area contributed by atoms with Crippen LogP contribution in [0.25, 0.3) is 0 Å². The van der Waals surface area contributed by atoms with E-state index in [1.807, 2.05) is 24.3 Å². The summed E-state index contributed by atoms with van der Waals surface area (Å²) in [4.78, 5) is 22.9. The van der Waals surface area contributed by atoms with Crippen LogP contribution in [-0.2, 0) is 16.0 Å². The molecule has 5 nitrogen and oxygen atoms in total. The van der Waals surface area contributed by atoms with Crippen LogP contribution in [0, 0.1) is 3.57 Å². The number of carboxylic acids is 1. The number of aliphatic carboxylic acids is 1. The largest absolute Gasteiger partial charge is 0.480 e. The number of hydrogen-bond acceptors (Lipinski definition) is 3. The van der Waals surface area contributed by atoms with Crippen molar-refractivity contribution in [1.82, 2.24) is 5.32 Å². The maximum Gasteiger partial charge on any atom is 0.408 e. The number of hydrogen-bond donors (Lipinski definition) is 2. The molecule has 20 heavy (non-hydrogen) atoms. The highest BCUT2D eigenvalue weighted by Gasteiger charge is 2.24. The maximum atomic E-state index is 11.6. The van der Waals surface area contributed by atoms with Crippen molar-refractivity contribution in [2.24, 2.45) is 0 Å². The molecule has 1 atom stereocenters. The van der Waals surface area contributed by atoms with Crippen molar-refractivity contribution in [3.63, 3.8) is 0 Å². The zero-order chi connectivity index (χ0) is 15.3. The number of benzene rings is 1. The van der Waals surface area contributed by atoms with E-state index in [0.717, 1.165) is 9.13 Å². The third-order valence-electron chi connectivity index (χ3n) is 2.32. The summed E-state index contributed by atoms with van der Waals surface area (Å²) in [6.45, 7) is 5.17. The minimum absolute atomic E-state index is 0.214. The predicted molar refractivity (Wildman–Crippen MR) is 83.7 cm³/mol. The monoisotopic (exact) mass is 391 g/mol. The van der Waals surface area contributed by atoms with Crippen LogP contribution in [0.5, 0.6) is 0 Å². The lowest BCUT2D eigenvalue weighted by atomic mass is 10.1. The van der Waals surface area contributed by atoms with E-state index >= 15 is 0 Å². The van der Waals surface area contributed by atoms with E-state index in [-0.39, 0.29) is 6.42 Å². The molecule has 1 rings (SSSR count). The summed E-state index contributed by atoms with van der Waals surface area (Å²) in [5.74, 6) is -1.09. The summed E-state index contributed by atoms with van der Waals surface area (Å²) in [6, 6.07) is 6.47. The SMILES string of the molecule is CC(C)(C)OC(=O)N[C@H](Cc1cccc(I)c1)C(=O)O. The Balaban J connectivity index is 2.71. The van der Waals surface area contributed by atoms with Gasteiger partial charge in [-0.1, -0.05) is 12.1 Å². The van der Waals surface area contributed by atoms with Crippen LogP contribution in [0.15, 0.2) is 24.3 Å². The molecule has 0 heterocycles. The summed E-state index contributed by atoms with van der Waals surface area (Å²) in [7, 11) is 0. The van der Waals surface area contributed by atoms with Crippen LogP contribution in [-0.4, -0.2) is 28.8 Å². The molecule has 0 aromatic heterocycles. The summed E-state index contributed by atoms with van der Waals surface area (Å²) < 4.78 is 6.08. The Morgan fingerprint density at radius 1 is 1.40 bits per heavy atom. The van der Waals surface area contributed by atoms with Crippen molar-refractivity contribution in [2.45, 2.75) is 38.8 Å². The fraction of sp³-hybridized carbons (Fsp3) is 0.429. The van der Waals surface area contributed by atoms with E-state index in [9.17, 15) is 14.7 Å². The first-order valence-corrected chi connectivity index (χ1v) is 7.22. The van der Waals surface area contributed by atoms with Crippen LogP contribution in [0.2, 0.25) is 0 Å². The third-order valence-corrected chi connectivity index (χ3v) is 2.99. The minimum atomic E-state index is -1.09. The first-order valence-electron chi connectivity index (χ1n) is 6.14. The van der Waals surface area contributed by atoms with E-state index in [1.165, 1.54) is 0 Å². The summed E-state index contributed by atoms with van der Waals surface area (Å²) in [6.07, 6.45) is -0.513. The molecule has 0 aliphatic heterocycles. The van der Waals surface area contributed by atoms with E-state index < -0.39 is 23.7 Å². The van der Waals surface area contributed by atoms with Gasteiger partial charge in [-0.25, -0.2) is 9.59 Å². The molecule has 0 aliphatic rings. The predicted octanol–water partition coefficient (Wildman–Crippen LogP) is 2.81. The van der Waals surface area contributed by atoms with Gasteiger partial charge in [0, 0.05) is 9.99 Å². The fourth-order valence-corrected chi connectivity index (χ4v) is 2.16. The lowest BCUT2D eigenvalue weighted by molar-refractivity contribution is -0.139. The van der Waals surface area contributed by atoms with Gasteiger partial charge in [-0.3, -0.25) is 0 Å².